The Kier molecular flexibility index (Phi) is 4.45. The zero-order valence-electron chi connectivity index (χ0n) is 12.2. The molecule has 2 rings (SSSR count). The maximum atomic E-state index is 6.04. The molecule has 0 saturated carbocycles. The van der Waals surface area contributed by atoms with E-state index < -0.39 is 0 Å². The van der Waals surface area contributed by atoms with E-state index >= 15 is 0 Å². The first-order valence-electron chi connectivity index (χ1n) is 6.59. The van der Waals surface area contributed by atoms with E-state index in [4.69, 9.17) is 11.6 Å². The third-order valence-corrected chi connectivity index (χ3v) is 3.21. The van der Waals surface area contributed by atoms with E-state index in [0.717, 1.165) is 28.7 Å². The van der Waals surface area contributed by atoms with Gasteiger partial charge in [0.1, 0.15) is 17.5 Å². The Hall–Kier alpha value is -1.81. The van der Waals surface area contributed by atoms with Crippen LogP contribution < -0.4 is 10.6 Å². The van der Waals surface area contributed by atoms with Gasteiger partial charge in [-0.25, -0.2) is 9.97 Å². The molecule has 0 saturated heterocycles. The van der Waals surface area contributed by atoms with Gasteiger partial charge in [0.05, 0.1) is 0 Å². The van der Waals surface area contributed by atoms with E-state index in [9.17, 15) is 0 Å². The molecule has 1 aromatic carbocycles. The lowest BCUT2D eigenvalue weighted by Gasteiger charge is -2.13. The minimum absolute atomic E-state index is 0.268. The molecule has 0 aliphatic rings. The molecule has 2 N–H and O–H groups in total. The normalized spacial score (nSPS) is 10.7. The van der Waals surface area contributed by atoms with Crippen LogP contribution in [0, 0.1) is 6.92 Å². The smallest absolute Gasteiger partial charge is 0.136 e. The Morgan fingerprint density at radius 3 is 2.45 bits per heavy atom. The van der Waals surface area contributed by atoms with Crippen molar-refractivity contribution in [2.24, 2.45) is 0 Å². The SMILES string of the molecule is CNc1cc(Nc2cc(Cl)ccc2C)nc(C(C)C)n1. The number of anilines is 3. The van der Waals surface area contributed by atoms with Crippen molar-refractivity contribution in [1.82, 2.24) is 9.97 Å². The summed E-state index contributed by atoms with van der Waals surface area (Å²) in [6.45, 7) is 6.18. The molecule has 1 heterocycles. The van der Waals surface area contributed by atoms with Crippen LogP contribution >= 0.6 is 11.6 Å². The molecular formula is C15H19ClN4. The number of aryl methyl sites for hydroxylation is 1. The van der Waals surface area contributed by atoms with Gasteiger partial charge in [-0.2, -0.15) is 0 Å². The lowest BCUT2D eigenvalue weighted by Crippen LogP contribution is -2.05. The maximum Gasteiger partial charge on any atom is 0.136 e. The monoisotopic (exact) mass is 290 g/mol. The average molecular weight is 291 g/mol. The molecule has 0 spiro atoms. The molecule has 0 unspecified atom stereocenters. The summed E-state index contributed by atoms with van der Waals surface area (Å²) >= 11 is 6.04. The highest BCUT2D eigenvalue weighted by Gasteiger charge is 2.08. The third kappa shape index (κ3) is 3.39. The van der Waals surface area contributed by atoms with Crippen molar-refractivity contribution in [2.45, 2.75) is 26.7 Å². The number of aromatic nitrogens is 2. The molecule has 20 heavy (non-hydrogen) atoms. The molecule has 106 valence electrons. The summed E-state index contributed by atoms with van der Waals surface area (Å²) in [6.07, 6.45) is 0. The van der Waals surface area contributed by atoms with Gasteiger partial charge < -0.3 is 10.6 Å². The Labute approximate surface area is 124 Å². The van der Waals surface area contributed by atoms with E-state index in [-0.39, 0.29) is 5.92 Å². The number of rotatable bonds is 4. The first kappa shape index (κ1) is 14.6. The van der Waals surface area contributed by atoms with Gasteiger partial charge in [0.25, 0.3) is 0 Å². The van der Waals surface area contributed by atoms with E-state index in [1.54, 1.807) is 0 Å². The van der Waals surface area contributed by atoms with Crippen molar-refractivity contribution in [3.8, 4) is 0 Å². The number of halogens is 1. The van der Waals surface area contributed by atoms with Gasteiger partial charge in [-0.15, -0.1) is 0 Å². The van der Waals surface area contributed by atoms with Crippen molar-refractivity contribution < 1.29 is 0 Å². The van der Waals surface area contributed by atoms with Crippen LogP contribution in [-0.4, -0.2) is 17.0 Å². The quantitative estimate of drug-likeness (QED) is 0.879. The lowest BCUT2D eigenvalue weighted by molar-refractivity contribution is 0.778. The van der Waals surface area contributed by atoms with Gasteiger partial charge >= 0.3 is 0 Å². The van der Waals surface area contributed by atoms with Crippen LogP contribution in [0.1, 0.15) is 31.2 Å². The average Bonchev–Trinajstić information content (AvgIpc) is 2.42. The zero-order valence-corrected chi connectivity index (χ0v) is 12.9. The lowest BCUT2D eigenvalue weighted by atomic mass is 10.2. The number of nitrogens with one attached hydrogen (secondary N) is 2. The predicted octanol–water partition coefficient (Wildman–Crippen LogP) is 4.35. The summed E-state index contributed by atoms with van der Waals surface area (Å²) < 4.78 is 0. The summed E-state index contributed by atoms with van der Waals surface area (Å²) in [4.78, 5) is 8.99. The second kappa shape index (κ2) is 6.09. The molecule has 0 atom stereocenters. The van der Waals surface area contributed by atoms with E-state index in [2.05, 4.69) is 34.4 Å². The molecule has 4 nitrogen and oxygen atoms in total. The summed E-state index contributed by atoms with van der Waals surface area (Å²) in [5, 5.41) is 7.06. The maximum absolute atomic E-state index is 6.04. The number of hydrogen-bond donors (Lipinski definition) is 2. The Bertz CT molecular complexity index is 611. The van der Waals surface area contributed by atoms with E-state index in [1.807, 2.05) is 38.2 Å². The van der Waals surface area contributed by atoms with Gasteiger partial charge in [-0.05, 0) is 24.6 Å². The highest BCUT2D eigenvalue weighted by Crippen LogP contribution is 2.25. The molecular weight excluding hydrogens is 272 g/mol. The van der Waals surface area contributed by atoms with Crippen LogP contribution in [0.15, 0.2) is 24.3 Å². The van der Waals surface area contributed by atoms with Gasteiger partial charge in [0, 0.05) is 29.7 Å². The zero-order chi connectivity index (χ0) is 14.7. The number of nitrogens with zero attached hydrogens (tertiary/aromatic N) is 2. The molecule has 1 aromatic heterocycles. The fraction of sp³-hybridized carbons (Fsp3) is 0.333. The van der Waals surface area contributed by atoms with E-state index in [0.29, 0.717) is 5.02 Å². The fourth-order valence-corrected chi connectivity index (χ4v) is 1.96. The van der Waals surface area contributed by atoms with Crippen LogP contribution in [0.5, 0.6) is 0 Å². The molecule has 0 aliphatic carbocycles. The Morgan fingerprint density at radius 2 is 1.80 bits per heavy atom. The summed E-state index contributed by atoms with van der Waals surface area (Å²) in [5.74, 6) is 2.63. The van der Waals surface area contributed by atoms with Gasteiger partial charge in [0.15, 0.2) is 0 Å². The topological polar surface area (TPSA) is 49.8 Å². The van der Waals surface area contributed by atoms with Crippen LogP contribution in [0.25, 0.3) is 0 Å². The van der Waals surface area contributed by atoms with Crippen LogP contribution in [0.2, 0.25) is 5.02 Å². The first-order valence-corrected chi connectivity index (χ1v) is 6.97. The minimum atomic E-state index is 0.268. The second-order valence-electron chi connectivity index (χ2n) is 4.99. The largest absolute Gasteiger partial charge is 0.373 e. The second-order valence-corrected chi connectivity index (χ2v) is 5.42. The summed E-state index contributed by atoms with van der Waals surface area (Å²) in [5.41, 5.74) is 2.07. The highest BCUT2D eigenvalue weighted by atomic mass is 35.5. The van der Waals surface area contributed by atoms with Gasteiger partial charge in [0.2, 0.25) is 0 Å². The fourth-order valence-electron chi connectivity index (χ4n) is 1.78. The standard InChI is InChI=1S/C15H19ClN4/c1-9(2)15-19-13(17-4)8-14(20-15)18-12-7-11(16)6-5-10(12)3/h5-9H,1-4H3,(H2,17,18,19,20). The number of hydrogen-bond acceptors (Lipinski definition) is 4. The highest BCUT2D eigenvalue weighted by molar-refractivity contribution is 6.30. The molecule has 0 aliphatic heterocycles. The van der Waals surface area contributed by atoms with E-state index in [1.165, 1.54) is 0 Å². The number of benzene rings is 1. The van der Waals surface area contributed by atoms with Crippen molar-refractivity contribution >= 4 is 28.9 Å². The van der Waals surface area contributed by atoms with Crippen LogP contribution in [-0.2, 0) is 0 Å². The molecule has 0 amide bonds. The van der Waals surface area contributed by atoms with Crippen molar-refractivity contribution in [3.05, 3.63) is 40.7 Å². The summed E-state index contributed by atoms with van der Waals surface area (Å²) in [6, 6.07) is 7.63. The van der Waals surface area contributed by atoms with Crippen molar-refractivity contribution in [3.63, 3.8) is 0 Å². The molecule has 5 heteroatoms. The van der Waals surface area contributed by atoms with Crippen LogP contribution in [0.4, 0.5) is 17.3 Å². The van der Waals surface area contributed by atoms with Gasteiger partial charge in [-0.3, -0.25) is 0 Å². The summed E-state index contributed by atoms with van der Waals surface area (Å²) in [7, 11) is 1.85. The Morgan fingerprint density at radius 1 is 1.10 bits per heavy atom. The molecule has 0 fully saturated rings. The van der Waals surface area contributed by atoms with Crippen molar-refractivity contribution in [2.75, 3.05) is 17.7 Å². The molecule has 0 bridgehead atoms. The Balaban J connectivity index is 2.37. The molecule has 0 radical (unpaired) electrons. The third-order valence-electron chi connectivity index (χ3n) is 2.98. The molecule has 2 aromatic rings. The van der Waals surface area contributed by atoms with Crippen LogP contribution in [0.3, 0.4) is 0 Å². The van der Waals surface area contributed by atoms with Crippen molar-refractivity contribution in [1.29, 1.82) is 0 Å². The van der Waals surface area contributed by atoms with Gasteiger partial charge in [-0.1, -0.05) is 31.5 Å². The predicted molar refractivity (Wildman–Crippen MR) is 85.1 cm³/mol. The first-order chi connectivity index (χ1) is 9.49. The minimum Gasteiger partial charge on any atom is -0.373 e.